The Balaban J connectivity index is 0.000000234. The van der Waals surface area contributed by atoms with Crippen molar-refractivity contribution in [1.82, 2.24) is 4.98 Å². The van der Waals surface area contributed by atoms with Gasteiger partial charge in [0.2, 0.25) is 0 Å². The fourth-order valence-corrected chi connectivity index (χ4v) is 10.4. The van der Waals surface area contributed by atoms with Crippen LogP contribution in [0.4, 0.5) is 17.1 Å². The van der Waals surface area contributed by atoms with Gasteiger partial charge in [0.05, 0.1) is 8.07 Å². The number of carbonyl (C=O) groups is 1. The molecule has 5 aromatic rings. The molecule has 1 N–H and O–H groups in total. The van der Waals surface area contributed by atoms with Crippen LogP contribution >= 0.6 is 0 Å². The molecule has 0 saturated carbocycles. The van der Waals surface area contributed by atoms with E-state index < -0.39 is 8.07 Å². The number of nitrogens with zero attached hydrogens (tertiary/aromatic N) is 2. The molecular formula is C44H49IrN2O2Si-. The van der Waals surface area contributed by atoms with Crippen LogP contribution in [-0.2, 0) is 24.9 Å². The number of pyridine rings is 1. The summed E-state index contributed by atoms with van der Waals surface area (Å²) in [6.45, 7) is 17.0. The summed E-state index contributed by atoms with van der Waals surface area (Å²) in [5.74, 6) is 0.286. The molecule has 0 saturated heterocycles. The van der Waals surface area contributed by atoms with Crippen molar-refractivity contribution in [2.24, 2.45) is 10.8 Å². The number of allylic oxidation sites excluding steroid dienone is 2. The van der Waals surface area contributed by atoms with Crippen molar-refractivity contribution in [3.63, 3.8) is 0 Å². The Morgan fingerprint density at radius 3 is 2.10 bits per heavy atom. The van der Waals surface area contributed by atoms with Crippen LogP contribution < -0.4 is 15.3 Å². The summed E-state index contributed by atoms with van der Waals surface area (Å²) < 4.78 is 0. The van der Waals surface area contributed by atoms with E-state index in [9.17, 15) is 9.90 Å². The number of aliphatic hydroxyl groups excluding tert-OH is 1. The average Bonchev–Trinajstić information content (AvgIpc) is 3.29. The summed E-state index contributed by atoms with van der Waals surface area (Å²) in [5.41, 5.74) is 7.79. The van der Waals surface area contributed by atoms with Crippen molar-refractivity contribution in [1.29, 1.82) is 0 Å². The van der Waals surface area contributed by atoms with Gasteiger partial charge in [-0.3, -0.25) is 4.79 Å². The third kappa shape index (κ3) is 6.10. The maximum atomic E-state index is 12.2. The number of carbonyl (C=O) groups excluding carboxylic acids is 1. The normalized spacial score (nSPS) is 14.2. The first-order valence-corrected chi connectivity index (χ1v) is 20.8. The Labute approximate surface area is 313 Å². The van der Waals surface area contributed by atoms with Gasteiger partial charge in [0.15, 0.2) is 5.78 Å². The van der Waals surface area contributed by atoms with Gasteiger partial charge in [-0.15, -0.1) is 28.9 Å². The van der Waals surface area contributed by atoms with Crippen LogP contribution in [0.2, 0.25) is 13.1 Å². The summed E-state index contributed by atoms with van der Waals surface area (Å²) in [4.78, 5) is 19.7. The van der Waals surface area contributed by atoms with Gasteiger partial charge >= 0.3 is 0 Å². The number of fused-ring (bicyclic) bond motifs is 4. The number of benzene rings is 4. The van der Waals surface area contributed by atoms with Gasteiger partial charge in [-0.1, -0.05) is 120 Å². The van der Waals surface area contributed by atoms with E-state index >= 15 is 0 Å². The number of anilines is 3. The molecule has 4 aromatic carbocycles. The van der Waals surface area contributed by atoms with E-state index in [1.165, 1.54) is 38.6 Å². The van der Waals surface area contributed by atoms with Crippen molar-refractivity contribution < 1.29 is 30.0 Å². The Morgan fingerprint density at radius 1 is 0.820 bits per heavy atom. The Kier molecular flexibility index (Phi) is 10.8. The molecule has 2 aliphatic rings. The van der Waals surface area contributed by atoms with Crippen LogP contribution in [0.3, 0.4) is 0 Å². The fraction of sp³-hybridized carbons (Fsp3) is 0.318. The third-order valence-corrected chi connectivity index (χ3v) is 15.3. The third-order valence-electron chi connectivity index (χ3n) is 11.7. The molecule has 0 atom stereocenters. The topological polar surface area (TPSA) is 53.4 Å². The maximum Gasteiger partial charge on any atom is 0.164 e. The molecule has 0 bridgehead atoms. The zero-order valence-electron chi connectivity index (χ0n) is 30.6. The molecule has 261 valence electrons. The van der Waals surface area contributed by atoms with Crippen LogP contribution in [-0.4, -0.2) is 23.9 Å². The second-order valence-electron chi connectivity index (χ2n) is 14.6. The van der Waals surface area contributed by atoms with Crippen molar-refractivity contribution >= 4 is 52.1 Å². The molecule has 1 radical (unpaired) electrons. The molecule has 1 aromatic heterocycles. The molecule has 2 aliphatic heterocycles. The predicted octanol–water partition coefficient (Wildman–Crippen LogP) is 10.9. The van der Waals surface area contributed by atoms with E-state index in [-0.39, 0.29) is 42.5 Å². The summed E-state index contributed by atoms with van der Waals surface area (Å²) in [7, 11) is -1.81. The SMILES string of the molecule is CCC(C)(CC)C(=O)/C=C(\O)C(C)(CC)CC.C[Si]1(C)c2cc[c-]c3c2-c2c(cccc21)N(c1ccccc1)c1c-3ncc2ccccc12.[Ir]. The van der Waals surface area contributed by atoms with Gasteiger partial charge in [0.1, 0.15) is 5.76 Å². The standard InChI is InChI=1S/C29H21N2Si.C15H28O2.Ir/c1-32(2)24-16-8-14-22-26(24)27-23(15-9-17-25(27)32)31(20-11-4-3-5-12-20)29-21-13-7-6-10-19(21)18-30-28(22)29;1-7-14(5,8-2)12(16)11-13(17)15(6,9-3)10-4;/h3-13,15-18H,1-2H3;11,16H,7-10H2,1-6H3;/q-1;;/b;12-11-;. The van der Waals surface area contributed by atoms with Crippen molar-refractivity contribution in [2.75, 3.05) is 4.90 Å². The number of rotatable bonds is 8. The second-order valence-corrected chi connectivity index (χ2v) is 18.9. The van der Waals surface area contributed by atoms with Crippen LogP contribution in [0.25, 0.3) is 33.2 Å². The summed E-state index contributed by atoms with van der Waals surface area (Å²) >= 11 is 0. The van der Waals surface area contributed by atoms with E-state index in [1.807, 2.05) is 47.7 Å². The molecule has 3 heterocycles. The molecular weight excluding hydrogens is 809 g/mol. The molecule has 4 nitrogen and oxygen atoms in total. The molecule has 0 spiro atoms. The van der Waals surface area contributed by atoms with E-state index in [0.717, 1.165) is 53.7 Å². The van der Waals surface area contributed by atoms with E-state index in [0.29, 0.717) is 0 Å². The predicted molar refractivity (Wildman–Crippen MR) is 210 cm³/mol. The van der Waals surface area contributed by atoms with Crippen molar-refractivity contribution in [3.8, 4) is 22.4 Å². The first-order valence-electron chi connectivity index (χ1n) is 17.8. The smallest absolute Gasteiger partial charge is 0.164 e. The molecule has 7 rings (SSSR count). The first-order chi connectivity index (χ1) is 23.5. The van der Waals surface area contributed by atoms with Gasteiger partial charge in [0, 0.05) is 71.4 Å². The number of hydrogen-bond donors (Lipinski definition) is 1. The molecule has 0 aliphatic carbocycles. The number of ketones is 1. The van der Waals surface area contributed by atoms with Crippen LogP contribution in [0, 0.1) is 16.9 Å². The Morgan fingerprint density at radius 2 is 1.44 bits per heavy atom. The first kappa shape index (κ1) is 37.4. The summed E-state index contributed by atoms with van der Waals surface area (Å²) in [6.07, 6.45) is 6.77. The molecule has 0 amide bonds. The zero-order valence-corrected chi connectivity index (χ0v) is 34.0. The van der Waals surface area contributed by atoms with Gasteiger partial charge < -0.3 is 15.0 Å². The number of para-hydroxylation sites is 1. The molecule has 0 fully saturated rings. The molecule has 50 heavy (non-hydrogen) atoms. The zero-order chi connectivity index (χ0) is 35.1. The average molecular weight is 858 g/mol. The minimum atomic E-state index is -1.81. The van der Waals surface area contributed by atoms with E-state index in [4.69, 9.17) is 4.98 Å². The van der Waals surface area contributed by atoms with Crippen molar-refractivity contribution in [3.05, 3.63) is 109 Å². The Hall–Kier alpha value is -3.83. The minimum absolute atomic E-state index is 0. The monoisotopic (exact) mass is 858 g/mol. The van der Waals surface area contributed by atoms with Crippen LogP contribution in [0.15, 0.2) is 103 Å². The molecule has 0 unspecified atom stereocenters. The van der Waals surface area contributed by atoms with Crippen LogP contribution in [0.5, 0.6) is 0 Å². The van der Waals surface area contributed by atoms with Crippen LogP contribution in [0.1, 0.15) is 67.2 Å². The maximum absolute atomic E-state index is 12.2. The van der Waals surface area contributed by atoms with Gasteiger partial charge in [-0.05, 0) is 54.8 Å². The summed E-state index contributed by atoms with van der Waals surface area (Å²) in [6, 6.07) is 34.1. The van der Waals surface area contributed by atoms with E-state index in [2.05, 4.69) is 109 Å². The van der Waals surface area contributed by atoms with Gasteiger partial charge in [0.25, 0.3) is 0 Å². The Bertz CT molecular complexity index is 2060. The second kappa shape index (κ2) is 14.4. The van der Waals surface area contributed by atoms with Gasteiger partial charge in [-0.25, -0.2) is 0 Å². The largest absolute Gasteiger partial charge is 0.512 e. The van der Waals surface area contributed by atoms with Crippen molar-refractivity contribution in [2.45, 2.75) is 80.3 Å². The minimum Gasteiger partial charge on any atom is -0.512 e. The summed E-state index contributed by atoms with van der Waals surface area (Å²) in [5, 5.41) is 15.5. The number of aliphatic hydroxyl groups is 1. The number of aromatic nitrogens is 1. The fourth-order valence-electron chi connectivity index (χ4n) is 7.33. The van der Waals surface area contributed by atoms with Gasteiger partial charge in [-0.2, -0.15) is 0 Å². The quantitative estimate of drug-likeness (QED) is 0.0717. The van der Waals surface area contributed by atoms with E-state index in [1.54, 1.807) is 0 Å². The molecule has 6 heteroatoms. The number of hydrogen-bond acceptors (Lipinski definition) is 4.